The second-order valence-corrected chi connectivity index (χ2v) is 9.28. The maximum atomic E-state index is 14.7. The highest BCUT2D eigenvalue weighted by atomic mass is 35.5. The van der Waals surface area contributed by atoms with Crippen LogP contribution in [0, 0.1) is 11.8 Å². The Hall–Kier alpha value is -3.11. The van der Waals surface area contributed by atoms with Crippen molar-refractivity contribution >= 4 is 22.8 Å². The fourth-order valence-electron chi connectivity index (χ4n) is 4.95. The van der Waals surface area contributed by atoms with E-state index in [4.69, 9.17) is 16.1 Å². The maximum Gasteiger partial charge on any atom is 0.280 e. The molecule has 1 aliphatic heterocycles. The Morgan fingerprint density at radius 1 is 1.18 bits per heavy atom. The third-order valence-corrected chi connectivity index (χ3v) is 6.96. The standard InChI is InChI=1S/C22H21ClFN7O2/c1-29-10-25-21-19(29)22(32)31(11-26-21)9-17-27-20(28-33-17)18-14-6-30(7-15(14)18)8-16(24)12-2-4-13(23)5-3-12/h2-5,10-11,14-16,18H,6-9H2,1H3. The summed E-state index contributed by atoms with van der Waals surface area (Å²) in [6.07, 6.45) is 1.96. The molecule has 170 valence electrons. The van der Waals surface area contributed by atoms with E-state index in [-0.39, 0.29) is 18.0 Å². The summed E-state index contributed by atoms with van der Waals surface area (Å²) in [5.41, 5.74) is 1.28. The summed E-state index contributed by atoms with van der Waals surface area (Å²) < 4.78 is 23.2. The lowest BCUT2D eigenvalue weighted by molar-refractivity contribution is 0.204. The lowest BCUT2D eigenvalue weighted by Crippen LogP contribution is -2.28. The number of piperidine rings is 1. The molecule has 1 saturated heterocycles. The van der Waals surface area contributed by atoms with Gasteiger partial charge < -0.3 is 9.09 Å². The average Bonchev–Trinajstić information content (AvgIpc) is 3.19. The van der Waals surface area contributed by atoms with Crippen molar-refractivity contribution < 1.29 is 8.91 Å². The summed E-state index contributed by atoms with van der Waals surface area (Å²) in [6, 6.07) is 6.90. The van der Waals surface area contributed by atoms with Gasteiger partial charge in [-0.3, -0.25) is 14.3 Å². The van der Waals surface area contributed by atoms with E-state index in [1.165, 1.54) is 10.9 Å². The van der Waals surface area contributed by atoms with Crippen LogP contribution in [0.2, 0.25) is 5.02 Å². The van der Waals surface area contributed by atoms with Crippen LogP contribution in [0.5, 0.6) is 0 Å². The van der Waals surface area contributed by atoms with Crippen LogP contribution in [0.15, 0.2) is 46.2 Å². The van der Waals surface area contributed by atoms with E-state index < -0.39 is 6.17 Å². The Labute approximate surface area is 192 Å². The van der Waals surface area contributed by atoms with Gasteiger partial charge in [0.25, 0.3) is 5.56 Å². The number of halogens is 2. The molecule has 0 radical (unpaired) electrons. The Morgan fingerprint density at radius 2 is 1.91 bits per heavy atom. The quantitative estimate of drug-likeness (QED) is 0.428. The number of imidazole rings is 1. The van der Waals surface area contributed by atoms with Crippen LogP contribution in [0.3, 0.4) is 0 Å². The predicted molar refractivity (Wildman–Crippen MR) is 118 cm³/mol. The number of fused-ring (bicyclic) bond motifs is 2. The number of hydrogen-bond acceptors (Lipinski definition) is 7. The van der Waals surface area contributed by atoms with Crippen molar-refractivity contribution in [1.29, 1.82) is 0 Å². The van der Waals surface area contributed by atoms with Crippen molar-refractivity contribution in [2.45, 2.75) is 18.6 Å². The number of aromatic nitrogens is 6. The zero-order valence-electron chi connectivity index (χ0n) is 17.8. The lowest BCUT2D eigenvalue weighted by atomic mass is 10.1. The van der Waals surface area contributed by atoms with Crippen molar-refractivity contribution in [3.63, 3.8) is 0 Å². The molecular formula is C22H21ClFN7O2. The topological polar surface area (TPSA) is 94.9 Å². The summed E-state index contributed by atoms with van der Waals surface area (Å²) >= 11 is 5.89. The van der Waals surface area contributed by atoms with Crippen molar-refractivity contribution in [2.24, 2.45) is 18.9 Å². The molecule has 3 aromatic heterocycles. The monoisotopic (exact) mass is 469 g/mol. The Bertz CT molecular complexity index is 1370. The molecule has 1 saturated carbocycles. The molecule has 2 fully saturated rings. The summed E-state index contributed by atoms with van der Waals surface area (Å²) in [6.45, 7) is 2.14. The number of rotatable bonds is 6. The van der Waals surface area contributed by atoms with Crippen LogP contribution in [0.25, 0.3) is 11.2 Å². The molecule has 0 N–H and O–H groups in total. The van der Waals surface area contributed by atoms with E-state index in [9.17, 15) is 9.18 Å². The summed E-state index contributed by atoms with van der Waals surface area (Å²) in [5.74, 6) is 2.06. The van der Waals surface area contributed by atoms with Gasteiger partial charge in [-0.15, -0.1) is 0 Å². The molecule has 1 aliphatic carbocycles. The minimum atomic E-state index is -1.04. The zero-order chi connectivity index (χ0) is 22.7. The second-order valence-electron chi connectivity index (χ2n) is 8.84. The Balaban J connectivity index is 1.08. The first-order valence-electron chi connectivity index (χ1n) is 10.8. The van der Waals surface area contributed by atoms with Gasteiger partial charge in [0, 0.05) is 37.6 Å². The maximum absolute atomic E-state index is 14.7. The molecule has 33 heavy (non-hydrogen) atoms. The molecular weight excluding hydrogens is 449 g/mol. The highest BCUT2D eigenvalue weighted by molar-refractivity contribution is 6.30. The third-order valence-electron chi connectivity index (χ3n) is 6.71. The second kappa shape index (κ2) is 7.74. The van der Waals surface area contributed by atoms with Crippen LogP contribution in [-0.2, 0) is 13.6 Å². The van der Waals surface area contributed by atoms with E-state index in [2.05, 4.69) is 25.0 Å². The largest absolute Gasteiger partial charge is 0.337 e. The van der Waals surface area contributed by atoms with Crippen LogP contribution >= 0.6 is 11.6 Å². The first kappa shape index (κ1) is 20.5. The molecule has 9 nitrogen and oxygen atoms in total. The number of nitrogens with zero attached hydrogens (tertiary/aromatic N) is 7. The van der Waals surface area contributed by atoms with Crippen molar-refractivity contribution in [2.75, 3.05) is 19.6 Å². The zero-order valence-corrected chi connectivity index (χ0v) is 18.6. The van der Waals surface area contributed by atoms with E-state index in [1.54, 1.807) is 42.2 Å². The average molecular weight is 470 g/mol. The van der Waals surface area contributed by atoms with Gasteiger partial charge >= 0.3 is 0 Å². The van der Waals surface area contributed by atoms with E-state index in [0.717, 1.165) is 13.1 Å². The summed E-state index contributed by atoms with van der Waals surface area (Å²) in [5, 5.41) is 4.76. The molecule has 3 atom stereocenters. The number of aryl methyl sites for hydroxylation is 1. The summed E-state index contributed by atoms with van der Waals surface area (Å²) in [4.78, 5) is 27.7. The minimum absolute atomic E-state index is 0.152. The Morgan fingerprint density at radius 3 is 2.67 bits per heavy atom. The van der Waals surface area contributed by atoms with Gasteiger partial charge in [0.15, 0.2) is 17.0 Å². The van der Waals surface area contributed by atoms with Gasteiger partial charge in [0.05, 0.1) is 6.33 Å². The van der Waals surface area contributed by atoms with Crippen LogP contribution in [0.4, 0.5) is 4.39 Å². The van der Waals surface area contributed by atoms with Crippen molar-refractivity contribution in [1.82, 2.24) is 34.1 Å². The molecule has 2 aliphatic rings. The lowest BCUT2D eigenvalue weighted by Gasteiger charge is -2.21. The molecule has 4 aromatic rings. The number of alkyl halides is 1. The number of hydrogen-bond donors (Lipinski definition) is 0. The third kappa shape index (κ3) is 3.63. The van der Waals surface area contributed by atoms with E-state index in [0.29, 0.717) is 51.8 Å². The molecule has 1 aromatic carbocycles. The molecule has 3 unspecified atom stereocenters. The Kier molecular flexibility index (Phi) is 4.81. The van der Waals surface area contributed by atoms with Gasteiger partial charge in [-0.1, -0.05) is 28.9 Å². The normalized spacial score (nSPS) is 23.2. The molecule has 11 heteroatoms. The SMILES string of the molecule is Cn1cnc2ncn(Cc3nc(C4C5CN(CC(F)c6ccc(Cl)cc6)CC54)no3)c(=O)c21. The fraction of sp³-hybridized carbons (Fsp3) is 0.409. The molecule has 6 rings (SSSR count). The molecule has 0 bridgehead atoms. The molecule has 0 spiro atoms. The predicted octanol–water partition coefficient (Wildman–Crippen LogP) is 2.57. The van der Waals surface area contributed by atoms with Gasteiger partial charge in [-0.25, -0.2) is 14.4 Å². The van der Waals surface area contributed by atoms with Crippen molar-refractivity contribution in [3.8, 4) is 0 Å². The van der Waals surface area contributed by atoms with Gasteiger partial charge in [-0.2, -0.15) is 4.98 Å². The van der Waals surface area contributed by atoms with Crippen LogP contribution < -0.4 is 5.56 Å². The molecule has 0 amide bonds. The summed E-state index contributed by atoms with van der Waals surface area (Å²) in [7, 11) is 1.75. The van der Waals surface area contributed by atoms with E-state index in [1.807, 2.05) is 0 Å². The van der Waals surface area contributed by atoms with Gasteiger partial charge in [0.2, 0.25) is 5.89 Å². The minimum Gasteiger partial charge on any atom is -0.337 e. The first-order valence-corrected chi connectivity index (χ1v) is 11.2. The number of benzene rings is 1. The van der Waals surface area contributed by atoms with Crippen LogP contribution in [0.1, 0.15) is 29.4 Å². The highest BCUT2D eigenvalue weighted by Crippen LogP contribution is 2.57. The van der Waals surface area contributed by atoms with Crippen molar-refractivity contribution in [3.05, 3.63) is 69.6 Å². The molecule has 4 heterocycles. The van der Waals surface area contributed by atoms with E-state index >= 15 is 0 Å². The van der Waals surface area contributed by atoms with Crippen LogP contribution in [-0.4, -0.2) is 53.8 Å². The fourth-order valence-corrected chi connectivity index (χ4v) is 5.07. The first-order chi connectivity index (χ1) is 16.0. The smallest absolute Gasteiger partial charge is 0.280 e. The van der Waals surface area contributed by atoms with Gasteiger partial charge in [0.1, 0.15) is 19.0 Å². The highest BCUT2D eigenvalue weighted by Gasteiger charge is 2.58. The number of likely N-dealkylation sites (tertiary alicyclic amines) is 1. The van der Waals surface area contributed by atoms with Gasteiger partial charge in [-0.05, 0) is 29.5 Å².